The number of thioether (sulfide) groups is 1. The molecule has 1 aliphatic heterocycles. The average Bonchev–Trinajstić information content (AvgIpc) is 2.38. The van der Waals surface area contributed by atoms with Crippen LogP contribution in [0.3, 0.4) is 0 Å². The Morgan fingerprint density at radius 1 is 1.35 bits per heavy atom. The molecule has 0 bridgehead atoms. The number of rotatable bonds is 3. The molecular formula is C17H26N2S. The highest BCUT2D eigenvalue weighted by molar-refractivity contribution is 8.13. The van der Waals surface area contributed by atoms with Gasteiger partial charge in [-0.3, -0.25) is 4.99 Å². The maximum atomic E-state index is 4.74. The first kappa shape index (κ1) is 15.4. The molecule has 1 saturated heterocycles. The van der Waals surface area contributed by atoms with Gasteiger partial charge in [0.25, 0.3) is 0 Å². The predicted molar refractivity (Wildman–Crippen MR) is 90.6 cm³/mol. The molecule has 1 aliphatic rings. The second-order valence-electron chi connectivity index (χ2n) is 6.63. The van der Waals surface area contributed by atoms with Crippen LogP contribution in [0.1, 0.15) is 38.3 Å². The average molecular weight is 290 g/mol. The molecule has 0 amide bonds. The fourth-order valence-electron chi connectivity index (χ4n) is 2.43. The van der Waals surface area contributed by atoms with Crippen molar-refractivity contribution in [1.29, 1.82) is 0 Å². The Labute approximate surface area is 127 Å². The van der Waals surface area contributed by atoms with Crippen molar-refractivity contribution in [2.75, 3.05) is 12.3 Å². The van der Waals surface area contributed by atoms with Crippen LogP contribution in [0.4, 0.5) is 0 Å². The number of amidine groups is 1. The molecule has 1 heterocycles. The first-order valence-electron chi connectivity index (χ1n) is 7.44. The van der Waals surface area contributed by atoms with Gasteiger partial charge >= 0.3 is 0 Å². The van der Waals surface area contributed by atoms with Crippen molar-refractivity contribution >= 4 is 16.9 Å². The summed E-state index contributed by atoms with van der Waals surface area (Å²) in [7, 11) is 0. The summed E-state index contributed by atoms with van der Waals surface area (Å²) in [4.78, 5) is 4.74. The standard InChI is InChI=1S/C17H26N2S/c1-13-6-5-7-14(12-13)8-10-18-16-19-15(9-11-20-16)17(2,3)4/h5-7,12,15H,8-11H2,1-4H3,(H,18,19). The van der Waals surface area contributed by atoms with E-state index in [1.807, 2.05) is 11.8 Å². The molecule has 1 atom stereocenters. The van der Waals surface area contributed by atoms with Crippen LogP contribution in [0.25, 0.3) is 0 Å². The lowest BCUT2D eigenvalue weighted by atomic mass is 9.85. The zero-order chi connectivity index (χ0) is 14.6. The summed E-state index contributed by atoms with van der Waals surface area (Å²) in [6.45, 7) is 9.90. The van der Waals surface area contributed by atoms with Crippen molar-refractivity contribution < 1.29 is 0 Å². The van der Waals surface area contributed by atoms with Crippen molar-refractivity contribution in [1.82, 2.24) is 5.32 Å². The molecule has 1 aromatic carbocycles. The Morgan fingerprint density at radius 3 is 2.85 bits per heavy atom. The van der Waals surface area contributed by atoms with E-state index in [0.717, 1.165) is 18.1 Å². The quantitative estimate of drug-likeness (QED) is 0.908. The lowest BCUT2D eigenvalue weighted by Crippen LogP contribution is -2.46. The van der Waals surface area contributed by atoms with Crippen LogP contribution in [0.2, 0.25) is 0 Å². The largest absolute Gasteiger partial charge is 0.362 e. The fourth-order valence-corrected chi connectivity index (χ4v) is 3.39. The Kier molecular flexibility index (Phi) is 5.14. The highest BCUT2D eigenvalue weighted by atomic mass is 32.2. The molecule has 0 saturated carbocycles. The van der Waals surface area contributed by atoms with Crippen LogP contribution >= 0.6 is 11.8 Å². The summed E-state index contributed by atoms with van der Waals surface area (Å²) < 4.78 is 0. The highest BCUT2D eigenvalue weighted by Gasteiger charge is 2.28. The fraction of sp³-hybridized carbons (Fsp3) is 0.588. The van der Waals surface area contributed by atoms with E-state index in [2.05, 4.69) is 57.3 Å². The molecule has 0 aliphatic carbocycles. The summed E-state index contributed by atoms with van der Waals surface area (Å²) in [5, 5.41) is 4.73. The maximum absolute atomic E-state index is 4.74. The molecule has 1 fully saturated rings. The molecule has 0 radical (unpaired) electrons. The lowest BCUT2D eigenvalue weighted by Gasteiger charge is -2.35. The van der Waals surface area contributed by atoms with Crippen LogP contribution in [-0.2, 0) is 6.42 Å². The van der Waals surface area contributed by atoms with Crippen molar-refractivity contribution in [2.45, 2.75) is 46.6 Å². The van der Waals surface area contributed by atoms with Crippen LogP contribution in [0.5, 0.6) is 0 Å². The van der Waals surface area contributed by atoms with E-state index in [1.165, 1.54) is 23.3 Å². The molecule has 2 rings (SSSR count). The van der Waals surface area contributed by atoms with Gasteiger partial charge in [0.15, 0.2) is 5.17 Å². The zero-order valence-electron chi connectivity index (χ0n) is 13.1. The van der Waals surface area contributed by atoms with Crippen molar-refractivity contribution in [3.05, 3.63) is 35.4 Å². The Balaban J connectivity index is 1.88. The summed E-state index contributed by atoms with van der Waals surface area (Å²) in [6, 6.07) is 9.25. The first-order valence-corrected chi connectivity index (χ1v) is 8.43. The molecule has 2 nitrogen and oxygen atoms in total. The monoisotopic (exact) mass is 290 g/mol. The number of benzene rings is 1. The minimum Gasteiger partial charge on any atom is -0.362 e. The Hall–Kier alpha value is -0.960. The van der Waals surface area contributed by atoms with E-state index in [1.54, 1.807) is 0 Å². The molecule has 1 N–H and O–H groups in total. The van der Waals surface area contributed by atoms with Crippen LogP contribution in [-0.4, -0.2) is 23.5 Å². The van der Waals surface area contributed by atoms with E-state index in [9.17, 15) is 0 Å². The highest BCUT2D eigenvalue weighted by Crippen LogP contribution is 2.27. The van der Waals surface area contributed by atoms with E-state index in [0.29, 0.717) is 11.5 Å². The second kappa shape index (κ2) is 6.66. The van der Waals surface area contributed by atoms with Gasteiger partial charge in [0.05, 0.1) is 0 Å². The predicted octanol–water partition coefficient (Wildman–Crippen LogP) is 4.03. The number of aryl methyl sites for hydroxylation is 1. The summed E-state index contributed by atoms with van der Waals surface area (Å²) in [5.41, 5.74) is 3.01. The number of hydrogen-bond acceptors (Lipinski definition) is 2. The van der Waals surface area contributed by atoms with Gasteiger partial charge in [-0.15, -0.1) is 0 Å². The molecule has 1 unspecified atom stereocenters. The van der Waals surface area contributed by atoms with Crippen molar-refractivity contribution in [3.63, 3.8) is 0 Å². The lowest BCUT2D eigenvalue weighted by molar-refractivity contribution is 0.290. The van der Waals surface area contributed by atoms with Crippen molar-refractivity contribution in [3.8, 4) is 0 Å². The Bertz CT molecular complexity index is 474. The van der Waals surface area contributed by atoms with Crippen LogP contribution < -0.4 is 5.32 Å². The molecule has 20 heavy (non-hydrogen) atoms. The number of nitrogens with one attached hydrogen (secondary N) is 1. The SMILES string of the molecule is Cc1cccc(CCN=C2NC(C(C)(C)C)CCS2)c1. The number of nitrogens with zero attached hydrogens (tertiary/aromatic N) is 1. The van der Waals surface area contributed by atoms with E-state index < -0.39 is 0 Å². The normalized spacial score (nSPS) is 21.8. The third-order valence-electron chi connectivity index (χ3n) is 3.73. The maximum Gasteiger partial charge on any atom is 0.156 e. The molecule has 110 valence electrons. The van der Waals surface area contributed by atoms with Gasteiger partial charge in [-0.2, -0.15) is 0 Å². The van der Waals surface area contributed by atoms with E-state index in [-0.39, 0.29) is 0 Å². The van der Waals surface area contributed by atoms with Crippen LogP contribution in [0, 0.1) is 12.3 Å². The molecular weight excluding hydrogens is 264 g/mol. The summed E-state index contributed by atoms with van der Waals surface area (Å²) >= 11 is 1.86. The Morgan fingerprint density at radius 2 is 2.15 bits per heavy atom. The second-order valence-corrected chi connectivity index (χ2v) is 7.71. The minimum absolute atomic E-state index is 0.304. The van der Waals surface area contributed by atoms with Gasteiger partial charge in [-0.1, -0.05) is 62.4 Å². The molecule has 0 spiro atoms. The van der Waals surface area contributed by atoms with Gasteiger partial charge in [-0.25, -0.2) is 0 Å². The third kappa shape index (κ3) is 4.55. The number of hydrogen-bond donors (Lipinski definition) is 1. The van der Waals surface area contributed by atoms with E-state index >= 15 is 0 Å². The molecule has 3 heteroatoms. The van der Waals surface area contributed by atoms with Gasteiger partial charge in [-0.05, 0) is 30.7 Å². The summed E-state index contributed by atoms with van der Waals surface area (Å²) in [6.07, 6.45) is 2.25. The molecule has 0 aromatic heterocycles. The minimum atomic E-state index is 0.304. The first-order chi connectivity index (χ1) is 9.45. The molecule has 1 aromatic rings. The number of aliphatic imine (C=N–C) groups is 1. The van der Waals surface area contributed by atoms with Gasteiger partial charge in [0.1, 0.15) is 0 Å². The van der Waals surface area contributed by atoms with Gasteiger partial charge < -0.3 is 5.32 Å². The van der Waals surface area contributed by atoms with Crippen LogP contribution in [0.15, 0.2) is 29.3 Å². The smallest absolute Gasteiger partial charge is 0.156 e. The third-order valence-corrected chi connectivity index (χ3v) is 4.69. The topological polar surface area (TPSA) is 24.4 Å². The zero-order valence-corrected chi connectivity index (χ0v) is 13.9. The van der Waals surface area contributed by atoms with E-state index in [4.69, 9.17) is 4.99 Å². The van der Waals surface area contributed by atoms with Gasteiger partial charge in [0, 0.05) is 18.3 Å². The van der Waals surface area contributed by atoms with Gasteiger partial charge in [0.2, 0.25) is 0 Å². The summed E-state index contributed by atoms with van der Waals surface area (Å²) in [5.74, 6) is 1.18. The van der Waals surface area contributed by atoms with Crippen molar-refractivity contribution in [2.24, 2.45) is 10.4 Å².